The molecule has 0 amide bonds. The molecule has 0 radical (unpaired) electrons. The standard InChI is InChI=1S/C22H39NO/c1-2-3-4-5-6-7-8-9-10-11-12-13-14-15-16-17-18-19-21-24-22-20-23/h6-7,9-10,12-13,15-16H,2-5,8,11,14,17-23H2,1H3/b7-6-,10-9-,13-12-,16-15-. The summed E-state index contributed by atoms with van der Waals surface area (Å²) in [6, 6.07) is 0. The molecule has 0 unspecified atom stereocenters. The van der Waals surface area contributed by atoms with Gasteiger partial charge in [0.05, 0.1) is 6.61 Å². The van der Waals surface area contributed by atoms with E-state index in [1.807, 2.05) is 0 Å². The van der Waals surface area contributed by atoms with E-state index in [-0.39, 0.29) is 0 Å². The largest absolute Gasteiger partial charge is 0.380 e. The molecule has 2 heteroatoms. The van der Waals surface area contributed by atoms with E-state index in [0.29, 0.717) is 13.2 Å². The Morgan fingerprint density at radius 1 is 0.625 bits per heavy atom. The van der Waals surface area contributed by atoms with Crippen molar-refractivity contribution in [3.63, 3.8) is 0 Å². The summed E-state index contributed by atoms with van der Waals surface area (Å²) in [7, 11) is 0. The maximum atomic E-state index is 5.36. The molecule has 0 bridgehead atoms. The Labute approximate surface area is 150 Å². The van der Waals surface area contributed by atoms with Gasteiger partial charge in [-0.25, -0.2) is 0 Å². The van der Waals surface area contributed by atoms with E-state index in [1.165, 1.54) is 32.1 Å². The van der Waals surface area contributed by atoms with Crippen LogP contribution in [0.4, 0.5) is 0 Å². The van der Waals surface area contributed by atoms with Crippen LogP contribution in [0.1, 0.15) is 71.1 Å². The van der Waals surface area contributed by atoms with Crippen molar-refractivity contribution in [1.82, 2.24) is 0 Å². The first-order chi connectivity index (χ1) is 11.9. The number of rotatable bonds is 17. The van der Waals surface area contributed by atoms with Gasteiger partial charge in [-0.15, -0.1) is 0 Å². The number of allylic oxidation sites excluding steroid dienone is 8. The molecule has 0 spiro atoms. The van der Waals surface area contributed by atoms with Crippen LogP contribution in [0, 0.1) is 0 Å². The molecule has 0 aliphatic rings. The molecule has 0 aliphatic heterocycles. The zero-order valence-electron chi connectivity index (χ0n) is 15.8. The van der Waals surface area contributed by atoms with Gasteiger partial charge < -0.3 is 10.5 Å². The van der Waals surface area contributed by atoms with Crippen LogP contribution in [0.3, 0.4) is 0 Å². The summed E-state index contributed by atoms with van der Waals surface area (Å²) in [5.74, 6) is 0. The second-order valence-electron chi connectivity index (χ2n) is 5.99. The van der Waals surface area contributed by atoms with Gasteiger partial charge >= 0.3 is 0 Å². The zero-order valence-corrected chi connectivity index (χ0v) is 15.8. The summed E-state index contributed by atoms with van der Waals surface area (Å²) in [5.41, 5.74) is 5.36. The Kier molecular flexibility index (Phi) is 20.9. The van der Waals surface area contributed by atoms with E-state index in [0.717, 1.165) is 38.7 Å². The molecule has 0 rings (SSSR count). The first-order valence-electron chi connectivity index (χ1n) is 9.79. The second kappa shape index (κ2) is 21.9. The molecule has 0 atom stereocenters. The van der Waals surface area contributed by atoms with Crippen molar-refractivity contribution >= 4 is 0 Å². The first kappa shape index (κ1) is 22.9. The van der Waals surface area contributed by atoms with Crippen molar-refractivity contribution in [3.05, 3.63) is 48.6 Å². The summed E-state index contributed by atoms with van der Waals surface area (Å²) in [6.45, 7) is 4.39. The fourth-order valence-corrected chi connectivity index (χ4v) is 2.21. The molecule has 0 aromatic heterocycles. The fraction of sp³-hybridized carbons (Fsp3) is 0.636. The number of hydrogen-bond donors (Lipinski definition) is 1. The molecule has 0 aromatic rings. The Morgan fingerprint density at radius 3 is 1.62 bits per heavy atom. The van der Waals surface area contributed by atoms with Gasteiger partial charge in [0.25, 0.3) is 0 Å². The van der Waals surface area contributed by atoms with Crippen molar-refractivity contribution in [3.8, 4) is 0 Å². The molecule has 2 nitrogen and oxygen atoms in total. The van der Waals surface area contributed by atoms with Crippen LogP contribution in [-0.2, 0) is 4.74 Å². The molecular weight excluding hydrogens is 294 g/mol. The van der Waals surface area contributed by atoms with Gasteiger partial charge in [0, 0.05) is 13.2 Å². The summed E-state index contributed by atoms with van der Waals surface area (Å²) in [6.07, 6.45) is 29.9. The Bertz CT molecular complexity index is 342. The van der Waals surface area contributed by atoms with Gasteiger partial charge in [-0.2, -0.15) is 0 Å². The third-order valence-electron chi connectivity index (χ3n) is 3.63. The normalized spacial score (nSPS) is 12.6. The SMILES string of the molecule is CCCCC/C=C\C/C=C\C/C=C\C/C=C\CCCCOCCN. The lowest BCUT2D eigenvalue weighted by Gasteiger charge is -2.00. The van der Waals surface area contributed by atoms with Gasteiger partial charge in [0.2, 0.25) is 0 Å². The van der Waals surface area contributed by atoms with Crippen molar-refractivity contribution in [1.29, 1.82) is 0 Å². The number of unbranched alkanes of at least 4 members (excludes halogenated alkanes) is 5. The molecule has 0 aromatic carbocycles. The van der Waals surface area contributed by atoms with E-state index in [9.17, 15) is 0 Å². The van der Waals surface area contributed by atoms with E-state index >= 15 is 0 Å². The van der Waals surface area contributed by atoms with Crippen molar-refractivity contribution in [2.75, 3.05) is 19.8 Å². The molecule has 0 fully saturated rings. The van der Waals surface area contributed by atoms with Crippen LogP contribution in [0.25, 0.3) is 0 Å². The minimum Gasteiger partial charge on any atom is -0.380 e. The van der Waals surface area contributed by atoms with E-state index in [4.69, 9.17) is 10.5 Å². The average Bonchev–Trinajstić information content (AvgIpc) is 2.60. The van der Waals surface area contributed by atoms with Crippen molar-refractivity contribution in [2.24, 2.45) is 5.73 Å². The highest BCUT2D eigenvalue weighted by Crippen LogP contribution is 2.01. The van der Waals surface area contributed by atoms with Crippen LogP contribution >= 0.6 is 0 Å². The van der Waals surface area contributed by atoms with Crippen LogP contribution in [0.5, 0.6) is 0 Å². The summed E-state index contributed by atoms with van der Waals surface area (Å²) in [4.78, 5) is 0. The summed E-state index contributed by atoms with van der Waals surface area (Å²) < 4.78 is 5.34. The Balaban J connectivity index is 3.33. The molecule has 2 N–H and O–H groups in total. The minimum absolute atomic E-state index is 0.622. The predicted octanol–water partition coefficient (Wildman–Crippen LogP) is 6.11. The first-order valence-corrected chi connectivity index (χ1v) is 9.79. The molecule has 0 aliphatic carbocycles. The number of hydrogen-bond acceptors (Lipinski definition) is 2. The minimum atomic E-state index is 0.622. The predicted molar refractivity (Wildman–Crippen MR) is 108 cm³/mol. The molecule has 138 valence electrons. The highest BCUT2D eigenvalue weighted by atomic mass is 16.5. The third-order valence-corrected chi connectivity index (χ3v) is 3.63. The van der Waals surface area contributed by atoms with Gasteiger partial charge in [-0.1, -0.05) is 68.4 Å². The van der Waals surface area contributed by atoms with E-state index in [2.05, 4.69) is 55.5 Å². The molecular formula is C22H39NO. The van der Waals surface area contributed by atoms with Crippen LogP contribution < -0.4 is 5.73 Å². The van der Waals surface area contributed by atoms with Crippen LogP contribution in [0.15, 0.2) is 48.6 Å². The lowest BCUT2D eigenvalue weighted by Crippen LogP contribution is -2.08. The summed E-state index contributed by atoms with van der Waals surface area (Å²) >= 11 is 0. The molecule has 0 saturated carbocycles. The highest BCUT2D eigenvalue weighted by Gasteiger charge is 1.87. The highest BCUT2D eigenvalue weighted by molar-refractivity contribution is 4.99. The maximum Gasteiger partial charge on any atom is 0.0588 e. The summed E-state index contributed by atoms with van der Waals surface area (Å²) in [5, 5.41) is 0. The lowest BCUT2D eigenvalue weighted by atomic mass is 10.2. The second-order valence-corrected chi connectivity index (χ2v) is 5.99. The van der Waals surface area contributed by atoms with Crippen LogP contribution in [0.2, 0.25) is 0 Å². The fourth-order valence-electron chi connectivity index (χ4n) is 2.21. The number of nitrogens with two attached hydrogens (primary N) is 1. The van der Waals surface area contributed by atoms with Crippen molar-refractivity contribution in [2.45, 2.75) is 71.1 Å². The van der Waals surface area contributed by atoms with E-state index < -0.39 is 0 Å². The zero-order chi connectivity index (χ0) is 17.6. The smallest absolute Gasteiger partial charge is 0.0588 e. The molecule has 0 saturated heterocycles. The monoisotopic (exact) mass is 333 g/mol. The Hall–Kier alpha value is -1.12. The topological polar surface area (TPSA) is 35.2 Å². The quantitative estimate of drug-likeness (QED) is 0.257. The number of ether oxygens (including phenoxy) is 1. The van der Waals surface area contributed by atoms with Crippen LogP contribution in [-0.4, -0.2) is 19.8 Å². The maximum absolute atomic E-state index is 5.36. The molecule has 24 heavy (non-hydrogen) atoms. The van der Waals surface area contributed by atoms with Gasteiger partial charge in [-0.3, -0.25) is 0 Å². The van der Waals surface area contributed by atoms with Gasteiger partial charge in [0.15, 0.2) is 0 Å². The third kappa shape index (κ3) is 20.9. The molecule has 0 heterocycles. The van der Waals surface area contributed by atoms with Crippen molar-refractivity contribution < 1.29 is 4.74 Å². The lowest BCUT2D eigenvalue weighted by molar-refractivity contribution is 0.138. The van der Waals surface area contributed by atoms with Gasteiger partial charge in [-0.05, 0) is 51.4 Å². The Morgan fingerprint density at radius 2 is 1.12 bits per heavy atom. The van der Waals surface area contributed by atoms with Gasteiger partial charge in [0.1, 0.15) is 0 Å². The van der Waals surface area contributed by atoms with E-state index in [1.54, 1.807) is 0 Å². The average molecular weight is 334 g/mol.